The minimum Gasteiger partial charge on any atom is -0.490 e. The molecule has 0 aliphatic heterocycles. The molecule has 1 aromatic rings. The number of ether oxygens (including phenoxy) is 2. The third-order valence-corrected chi connectivity index (χ3v) is 2.50. The average Bonchev–Trinajstić information content (AvgIpc) is 2.31. The van der Waals surface area contributed by atoms with Gasteiger partial charge in [-0.2, -0.15) is 0 Å². The SMILES string of the molecule is CCOc1cc(CN)ccc1OCCC(C)C. The van der Waals surface area contributed by atoms with Crippen LogP contribution in [-0.4, -0.2) is 13.2 Å². The van der Waals surface area contributed by atoms with Gasteiger partial charge in [-0.05, 0) is 37.0 Å². The molecule has 0 saturated carbocycles. The van der Waals surface area contributed by atoms with E-state index in [4.69, 9.17) is 15.2 Å². The van der Waals surface area contributed by atoms with Crippen molar-refractivity contribution in [3.05, 3.63) is 23.8 Å². The van der Waals surface area contributed by atoms with Gasteiger partial charge in [0.25, 0.3) is 0 Å². The molecule has 0 aliphatic carbocycles. The molecule has 0 unspecified atom stereocenters. The zero-order chi connectivity index (χ0) is 12.7. The van der Waals surface area contributed by atoms with E-state index in [0.29, 0.717) is 19.1 Å². The van der Waals surface area contributed by atoms with Gasteiger partial charge in [0, 0.05) is 6.54 Å². The van der Waals surface area contributed by atoms with Crippen molar-refractivity contribution in [2.75, 3.05) is 13.2 Å². The van der Waals surface area contributed by atoms with Gasteiger partial charge in [0.1, 0.15) is 0 Å². The molecule has 0 spiro atoms. The minimum atomic E-state index is 0.520. The summed E-state index contributed by atoms with van der Waals surface area (Å²) < 4.78 is 11.3. The van der Waals surface area contributed by atoms with E-state index in [1.54, 1.807) is 0 Å². The molecule has 0 atom stereocenters. The third-order valence-electron chi connectivity index (χ3n) is 2.50. The van der Waals surface area contributed by atoms with E-state index in [0.717, 1.165) is 30.1 Å². The van der Waals surface area contributed by atoms with Crippen LogP contribution in [0.1, 0.15) is 32.8 Å². The van der Waals surface area contributed by atoms with Gasteiger partial charge in [0.2, 0.25) is 0 Å². The van der Waals surface area contributed by atoms with Crippen molar-refractivity contribution in [2.24, 2.45) is 11.7 Å². The van der Waals surface area contributed by atoms with Crippen molar-refractivity contribution in [1.29, 1.82) is 0 Å². The second-order valence-electron chi connectivity index (χ2n) is 4.45. The van der Waals surface area contributed by atoms with Crippen LogP contribution in [-0.2, 0) is 6.54 Å². The van der Waals surface area contributed by atoms with Gasteiger partial charge in [0.05, 0.1) is 13.2 Å². The van der Waals surface area contributed by atoms with Gasteiger partial charge in [0.15, 0.2) is 11.5 Å². The molecule has 0 amide bonds. The van der Waals surface area contributed by atoms with E-state index in [1.165, 1.54) is 0 Å². The van der Waals surface area contributed by atoms with Crippen LogP contribution in [0.5, 0.6) is 11.5 Å². The lowest BCUT2D eigenvalue weighted by atomic mass is 10.1. The van der Waals surface area contributed by atoms with Crippen LogP contribution in [0.25, 0.3) is 0 Å². The highest BCUT2D eigenvalue weighted by Crippen LogP contribution is 2.28. The largest absolute Gasteiger partial charge is 0.490 e. The summed E-state index contributed by atoms with van der Waals surface area (Å²) >= 11 is 0. The lowest BCUT2D eigenvalue weighted by Gasteiger charge is -2.13. The first-order chi connectivity index (χ1) is 8.17. The fourth-order valence-electron chi connectivity index (χ4n) is 1.47. The zero-order valence-corrected chi connectivity index (χ0v) is 11.0. The summed E-state index contributed by atoms with van der Waals surface area (Å²) in [5, 5.41) is 0. The zero-order valence-electron chi connectivity index (χ0n) is 11.0. The summed E-state index contributed by atoms with van der Waals surface area (Å²) in [5.74, 6) is 2.25. The summed E-state index contributed by atoms with van der Waals surface area (Å²) in [5.41, 5.74) is 6.67. The van der Waals surface area contributed by atoms with Crippen molar-refractivity contribution < 1.29 is 9.47 Å². The van der Waals surface area contributed by atoms with Crippen LogP contribution in [0.4, 0.5) is 0 Å². The number of nitrogens with two attached hydrogens (primary N) is 1. The van der Waals surface area contributed by atoms with E-state index in [-0.39, 0.29) is 0 Å². The Kier molecular flexibility index (Phi) is 5.84. The summed E-state index contributed by atoms with van der Waals surface area (Å²) in [4.78, 5) is 0. The van der Waals surface area contributed by atoms with Gasteiger partial charge in [-0.25, -0.2) is 0 Å². The lowest BCUT2D eigenvalue weighted by molar-refractivity contribution is 0.261. The van der Waals surface area contributed by atoms with Crippen LogP contribution < -0.4 is 15.2 Å². The van der Waals surface area contributed by atoms with Crippen LogP contribution in [0, 0.1) is 5.92 Å². The fraction of sp³-hybridized carbons (Fsp3) is 0.571. The van der Waals surface area contributed by atoms with E-state index < -0.39 is 0 Å². The van der Waals surface area contributed by atoms with Crippen LogP contribution in [0.2, 0.25) is 0 Å². The van der Waals surface area contributed by atoms with Gasteiger partial charge in [-0.1, -0.05) is 19.9 Å². The summed E-state index contributed by atoms with van der Waals surface area (Å²) in [7, 11) is 0. The smallest absolute Gasteiger partial charge is 0.161 e. The van der Waals surface area contributed by atoms with Crippen molar-refractivity contribution in [3.63, 3.8) is 0 Å². The van der Waals surface area contributed by atoms with Crippen LogP contribution >= 0.6 is 0 Å². The molecule has 0 saturated heterocycles. The van der Waals surface area contributed by atoms with Gasteiger partial charge in [-0.15, -0.1) is 0 Å². The van der Waals surface area contributed by atoms with Gasteiger partial charge in [-0.3, -0.25) is 0 Å². The second-order valence-corrected chi connectivity index (χ2v) is 4.45. The highest BCUT2D eigenvalue weighted by molar-refractivity contribution is 5.43. The molecule has 0 aliphatic rings. The number of hydrogen-bond donors (Lipinski definition) is 1. The predicted molar refractivity (Wildman–Crippen MR) is 70.5 cm³/mol. The molecule has 17 heavy (non-hydrogen) atoms. The van der Waals surface area contributed by atoms with Gasteiger partial charge >= 0.3 is 0 Å². The second kappa shape index (κ2) is 7.17. The standard InChI is InChI=1S/C14H23NO2/c1-4-16-14-9-12(10-15)5-6-13(14)17-8-7-11(2)3/h5-6,9,11H,4,7-8,10,15H2,1-3H3. The average molecular weight is 237 g/mol. The predicted octanol–water partition coefficient (Wildman–Crippen LogP) is 2.97. The van der Waals surface area contributed by atoms with E-state index in [1.807, 2.05) is 25.1 Å². The number of hydrogen-bond acceptors (Lipinski definition) is 3. The Labute approximate surface area is 104 Å². The topological polar surface area (TPSA) is 44.5 Å². The van der Waals surface area contributed by atoms with E-state index >= 15 is 0 Å². The summed E-state index contributed by atoms with van der Waals surface area (Å²) in [6, 6.07) is 5.87. The van der Waals surface area contributed by atoms with Gasteiger partial charge < -0.3 is 15.2 Å². The molecule has 2 N–H and O–H groups in total. The monoisotopic (exact) mass is 237 g/mol. The molecule has 0 aromatic heterocycles. The third kappa shape index (κ3) is 4.65. The van der Waals surface area contributed by atoms with Crippen LogP contribution in [0.15, 0.2) is 18.2 Å². The molecule has 0 fully saturated rings. The molecule has 1 rings (SSSR count). The molecule has 0 heterocycles. The Hall–Kier alpha value is -1.22. The quantitative estimate of drug-likeness (QED) is 0.793. The Balaban J connectivity index is 2.68. The normalized spacial score (nSPS) is 10.6. The highest BCUT2D eigenvalue weighted by atomic mass is 16.5. The first-order valence-corrected chi connectivity index (χ1v) is 6.26. The molecule has 1 aromatic carbocycles. The molecule has 96 valence electrons. The number of benzene rings is 1. The Morgan fingerprint density at radius 1 is 1.18 bits per heavy atom. The number of rotatable bonds is 7. The van der Waals surface area contributed by atoms with Crippen LogP contribution in [0.3, 0.4) is 0 Å². The Morgan fingerprint density at radius 2 is 1.94 bits per heavy atom. The molecular weight excluding hydrogens is 214 g/mol. The van der Waals surface area contributed by atoms with E-state index in [9.17, 15) is 0 Å². The first-order valence-electron chi connectivity index (χ1n) is 6.26. The molecule has 3 nitrogen and oxygen atoms in total. The first kappa shape index (κ1) is 13.8. The van der Waals surface area contributed by atoms with Crippen molar-refractivity contribution in [1.82, 2.24) is 0 Å². The fourth-order valence-corrected chi connectivity index (χ4v) is 1.47. The van der Waals surface area contributed by atoms with Crippen molar-refractivity contribution >= 4 is 0 Å². The summed E-state index contributed by atoms with van der Waals surface area (Å²) in [6.07, 6.45) is 1.05. The molecule has 0 bridgehead atoms. The van der Waals surface area contributed by atoms with Crippen molar-refractivity contribution in [3.8, 4) is 11.5 Å². The highest BCUT2D eigenvalue weighted by Gasteiger charge is 2.06. The Morgan fingerprint density at radius 3 is 2.53 bits per heavy atom. The van der Waals surface area contributed by atoms with Crippen molar-refractivity contribution in [2.45, 2.75) is 33.7 Å². The maximum absolute atomic E-state index is 5.73. The summed E-state index contributed by atoms with van der Waals surface area (Å²) in [6.45, 7) is 8.21. The lowest BCUT2D eigenvalue weighted by Crippen LogP contribution is -2.04. The molecule has 3 heteroatoms. The maximum atomic E-state index is 5.73. The van der Waals surface area contributed by atoms with E-state index in [2.05, 4.69) is 13.8 Å². The molecule has 0 radical (unpaired) electrons. The maximum Gasteiger partial charge on any atom is 0.161 e. The minimum absolute atomic E-state index is 0.520. The Bertz CT molecular complexity index is 337. The molecular formula is C14H23NO2.